The molecule has 0 spiro atoms. The molecule has 0 unspecified atom stereocenters. The van der Waals surface area contributed by atoms with Crippen molar-refractivity contribution in [3.05, 3.63) is 137 Å². The summed E-state index contributed by atoms with van der Waals surface area (Å²) in [4.78, 5) is 11.3. The maximum Gasteiger partial charge on any atom is 0.109 e. The van der Waals surface area contributed by atoms with Crippen LogP contribution < -0.4 is 16.0 Å². The number of nitrogens with zero attached hydrogens (tertiary/aromatic N) is 3. The Bertz CT molecular complexity index is 1430. The number of rotatable bonds is 20. The van der Waals surface area contributed by atoms with E-state index in [0.717, 1.165) is 69.2 Å². The predicted molar refractivity (Wildman–Crippen MR) is 206 cm³/mol. The second kappa shape index (κ2) is 22.8. The molecule has 0 fully saturated rings. The van der Waals surface area contributed by atoms with Crippen LogP contribution in [0.15, 0.2) is 97.3 Å². The lowest BCUT2D eigenvalue weighted by Gasteiger charge is -2.23. The van der Waals surface area contributed by atoms with E-state index in [0.29, 0.717) is 18.9 Å². The zero-order chi connectivity index (χ0) is 35.3. The molecule has 0 aliphatic carbocycles. The van der Waals surface area contributed by atoms with Gasteiger partial charge >= 0.3 is 0 Å². The predicted octanol–water partition coefficient (Wildman–Crippen LogP) is 7.61. The van der Waals surface area contributed by atoms with Crippen molar-refractivity contribution in [1.82, 2.24) is 30.8 Å². The van der Waals surface area contributed by atoms with Crippen LogP contribution in [0.1, 0.15) is 92.6 Å². The molecule has 7 heteroatoms. The van der Waals surface area contributed by atoms with Gasteiger partial charge in [0.25, 0.3) is 0 Å². The van der Waals surface area contributed by atoms with Crippen LogP contribution in [0.25, 0.3) is 5.57 Å². The minimum Gasteiger partial charge on any atom is -0.378 e. The fourth-order valence-corrected chi connectivity index (χ4v) is 5.92. The number of allylic oxidation sites excluding steroid dienone is 1. The van der Waals surface area contributed by atoms with Gasteiger partial charge in [-0.2, -0.15) is 0 Å². The molecule has 0 amide bonds. The van der Waals surface area contributed by atoms with Crippen molar-refractivity contribution in [2.24, 2.45) is 0 Å². The average Bonchev–Trinajstić information content (AvgIpc) is 3.15. The number of hydrogen-bond donors (Lipinski definition) is 4. The minimum absolute atomic E-state index is 0.478. The summed E-state index contributed by atoms with van der Waals surface area (Å²) in [5.41, 5.74) is 9.70. The second-order valence-electron chi connectivity index (χ2n) is 12.3. The van der Waals surface area contributed by atoms with Gasteiger partial charge in [0, 0.05) is 71.2 Å². The smallest absolute Gasteiger partial charge is 0.109 e. The third-order valence-electron chi connectivity index (χ3n) is 8.78. The molecule has 2 heterocycles. The van der Waals surface area contributed by atoms with Crippen LogP contribution in [0.5, 0.6) is 0 Å². The zero-order valence-electron chi connectivity index (χ0n) is 30.8. The molecule has 0 bridgehead atoms. The molecule has 0 aliphatic heterocycles. The standard InChI is InChI=1S/C40H54N6O.C2H6/c1-5-31(3)40-32(4)12-11-15-38(40)35(6-2)26-39(47)45-27-33-16-18-34(19-17-33)30-46(24-22-41-28-36-13-7-9-20-43-36)25-23-42-29-37-14-8-10-21-44-37;1-2/h6-21,31,39,41-42,45,47H,5,22-30H2,1-4H3;1-2H3/b35-6-;/t31-,39+;/m0./s1. The van der Waals surface area contributed by atoms with Gasteiger partial charge in [-0.3, -0.25) is 20.2 Å². The highest BCUT2D eigenvalue weighted by molar-refractivity contribution is 5.70. The highest BCUT2D eigenvalue weighted by atomic mass is 16.3. The number of pyridine rings is 2. The Labute approximate surface area is 296 Å². The maximum atomic E-state index is 11.0. The molecule has 4 aromatic rings. The SMILES string of the molecule is C/C=C(/C[C@@H](O)NCc1ccc(CN(CCNCc2ccccn2)CCNCc2ccccn2)cc1)c1cccc(C)c1[C@@H](C)CC.CC. The quantitative estimate of drug-likeness (QED) is 0.0572. The highest BCUT2D eigenvalue weighted by Crippen LogP contribution is 2.32. The summed E-state index contributed by atoms with van der Waals surface area (Å²) in [7, 11) is 0. The molecular weight excluding hydrogens is 605 g/mol. The average molecular weight is 665 g/mol. The first-order valence-electron chi connectivity index (χ1n) is 18.1. The molecule has 264 valence electrons. The Morgan fingerprint density at radius 1 is 0.796 bits per heavy atom. The topological polar surface area (TPSA) is 85.3 Å². The van der Waals surface area contributed by atoms with E-state index in [1.165, 1.54) is 27.8 Å². The Balaban J connectivity index is 0.00000319. The number of aromatic nitrogens is 2. The first-order valence-corrected chi connectivity index (χ1v) is 18.1. The Hall–Kier alpha value is -3.72. The lowest BCUT2D eigenvalue weighted by molar-refractivity contribution is 0.140. The van der Waals surface area contributed by atoms with Crippen LogP contribution in [-0.4, -0.2) is 52.4 Å². The summed E-state index contributed by atoms with van der Waals surface area (Å²) in [6, 6.07) is 27.3. The van der Waals surface area contributed by atoms with Gasteiger partial charge in [0.2, 0.25) is 0 Å². The summed E-state index contributed by atoms with van der Waals surface area (Å²) in [5.74, 6) is 0.478. The number of nitrogens with one attached hydrogen (secondary N) is 3. The van der Waals surface area contributed by atoms with Crippen molar-refractivity contribution < 1.29 is 5.11 Å². The van der Waals surface area contributed by atoms with Gasteiger partial charge in [0.15, 0.2) is 0 Å². The summed E-state index contributed by atoms with van der Waals surface area (Å²) in [5, 5.41) is 21.4. The lowest BCUT2D eigenvalue weighted by Crippen LogP contribution is -2.36. The van der Waals surface area contributed by atoms with E-state index in [1.807, 2.05) is 50.5 Å². The van der Waals surface area contributed by atoms with Gasteiger partial charge in [-0.05, 0) is 83.8 Å². The number of aryl methyl sites for hydroxylation is 1. The van der Waals surface area contributed by atoms with E-state index in [4.69, 9.17) is 0 Å². The first kappa shape index (κ1) is 39.7. The number of aliphatic hydroxyl groups excluding tert-OH is 1. The van der Waals surface area contributed by atoms with E-state index in [1.54, 1.807) is 0 Å². The van der Waals surface area contributed by atoms with Gasteiger partial charge in [0.05, 0.1) is 11.4 Å². The Morgan fingerprint density at radius 2 is 1.39 bits per heavy atom. The molecule has 4 N–H and O–H groups in total. The second-order valence-corrected chi connectivity index (χ2v) is 12.3. The molecule has 0 radical (unpaired) electrons. The largest absolute Gasteiger partial charge is 0.378 e. The van der Waals surface area contributed by atoms with Crippen LogP contribution in [-0.2, 0) is 26.2 Å². The van der Waals surface area contributed by atoms with Crippen LogP contribution >= 0.6 is 0 Å². The van der Waals surface area contributed by atoms with Gasteiger partial charge < -0.3 is 15.7 Å². The molecule has 7 nitrogen and oxygen atoms in total. The minimum atomic E-state index is -0.626. The third kappa shape index (κ3) is 14.0. The Kier molecular flexibility index (Phi) is 18.5. The molecule has 49 heavy (non-hydrogen) atoms. The van der Waals surface area contributed by atoms with Crippen molar-refractivity contribution in [2.75, 3.05) is 26.2 Å². The van der Waals surface area contributed by atoms with Crippen molar-refractivity contribution >= 4 is 5.57 Å². The monoisotopic (exact) mass is 664 g/mol. The fourth-order valence-electron chi connectivity index (χ4n) is 5.92. The number of benzene rings is 2. The van der Waals surface area contributed by atoms with Crippen molar-refractivity contribution in [3.63, 3.8) is 0 Å². The molecular formula is C42H60N6O. The summed E-state index contributed by atoms with van der Waals surface area (Å²) in [6.45, 7) is 19.4. The maximum absolute atomic E-state index is 11.0. The van der Waals surface area contributed by atoms with E-state index >= 15 is 0 Å². The summed E-state index contributed by atoms with van der Waals surface area (Å²) < 4.78 is 0. The summed E-state index contributed by atoms with van der Waals surface area (Å²) >= 11 is 0. The number of aliphatic hydroxyl groups is 1. The molecule has 2 atom stereocenters. The molecule has 0 saturated heterocycles. The van der Waals surface area contributed by atoms with Crippen molar-refractivity contribution in [2.45, 2.75) is 92.7 Å². The van der Waals surface area contributed by atoms with Crippen LogP contribution in [0.2, 0.25) is 0 Å². The molecule has 0 aliphatic rings. The van der Waals surface area contributed by atoms with Gasteiger partial charge in [-0.1, -0.05) is 88.4 Å². The van der Waals surface area contributed by atoms with E-state index in [9.17, 15) is 5.11 Å². The van der Waals surface area contributed by atoms with Crippen LogP contribution in [0, 0.1) is 6.92 Å². The van der Waals surface area contributed by atoms with Gasteiger partial charge in [0.1, 0.15) is 6.23 Å². The van der Waals surface area contributed by atoms with E-state index in [2.05, 4.69) is 119 Å². The van der Waals surface area contributed by atoms with Crippen LogP contribution in [0.3, 0.4) is 0 Å². The number of hydrogen-bond acceptors (Lipinski definition) is 7. The Morgan fingerprint density at radius 3 is 1.92 bits per heavy atom. The lowest BCUT2D eigenvalue weighted by atomic mass is 9.85. The molecule has 4 rings (SSSR count). The highest BCUT2D eigenvalue weighted by Gasteiger charge is 2.17. The van der Waals surface area contributed by atoms with E-state index < -0.39 is 6.23 Å². The van der Waals surface area contributed by atoms with E-state index in [-0.39, 0.29) is 0 Å². The summed E-state index contributed by atoms with van der Waals surface area (Å²) in [6.07, 6.45) is 6.86. The van der Waals surface area contributed by atoms with Gasteiger partial charge in [-0.25, -0.2) is 0 Å². The molecule has 2 aromatic heterocycles. The van der Waals surface area contributed by atoms with Crippen LogP contribution in [0.4, 0.5) is 0 Å². The van der Waals surface area contributed by atoms with Crippen molar-refractivity contribution in [3.8, 4) is 0 Å². The van der Waals surface area contributed by atoms with Gasteiger partial charge in [-0.15, -0.1) is 0 Å². The fraction of sp³-hybridized carbons (Fsp3) is 0.429. The molecule has 2 aromatic carbocycles. The van der Waals surface area contributed by atoms with Crippen molar-refractivity contribution in [1.29, 1.82) is 0 Å². The third-order valence-corrected chi connectivity index (χ3v) is 8.78. The first-order chi connectivity index (χ1) is 24.0. The normalized spacial score (nSPS) is 12.8. The molecule has 0 saturated carbocycles. The zero-order valence-corrected chi connectivity index (χ0v) is 30.8.